The number of nitrogens with zero attached hydrogens (tertiary/aromatic N) is 2. The fourth-order valence-electron chi connectivity index (χ4n) is 2.86. The van der Waals surface area contributed by atoms with Crippen LogP contribution in [-0.2, 0) is 10.2 Å². The standard InChI is InChI=1S/C15H33N3O2S/c1-5-11-17(12-6-2)21(19,20)18(14(3)4)13-15-9-7-8-10-16-15/h14-16H,5-13H2,1-4H3. The first-order valence-electron chi connectivity index (χ1n) is 8.43. The van der Waals surface area contributed by atoms with Crippen molar-refractivity contribution in [2.24, 2.45) is 0 Å². The molecule has 0 amide bonds. The van der Waals surface area contributed by atoms with E-state index in [0.717, 1.165) is 25.8 Å². The quantitative estimate of drug-likeness (QED) is 0.709. The molecule has 1 rings (SSSR count). The third-order valence-corrected chi connectivity index (χ3v) is 6.14. The van der Waals surface area contributed by atoms with Crippen molar-refractivity contribution in [1.82, 2.24) is 13.9 Å². The topological polar surface area (TPSA) is 52.7 Å². The van der Waals surface area contributed by atoms with Crippen LogP contribution in [0.5, 0.6) is 0 Å². The van der Waals surface area contributed by atoms with Gasteiger partial charge < -0.3 is 5.32 Å². The summed E-state index contributed by atoms with van der Waals surface area (Å²) >= 11 is 0. The van der Waals surface area contributed by atoms with Gasteiger partial charge in [-0.2, -0.15) is 17.0 Å². The number of piperidine rings is 1. The summed E-state index contributed by atoms with van der Waals surface area (Å²) in [6.45, 7) is 10.8. The molecule has 0 bridgehead atoms. The minimum absolute atomic E-state index is 0.00469. The van der Waals surface area contributed by atoms with Gasteiger partial charge >= 0.3 is 0 Å². The molecule has 5 nitrogen and oxygen atoms in total. The zero-order valence-corrected chi connectivity index (χ0v) is 15.0. The van der Waals surface area contributed by atoms with Crippen LogP contribution in [0.15, 0.2) is 0 Å². The second kappa shape index (κ2) is 9.08. The molecule has 1 heterocycles. The lowest BCUT2D eigenvalue weighted by atomic mass is 10.1. The Morgan fingerprint density at radius 1 is 1.14 bits per heavy atom. The van der Waals surface area contributed by atoms with Crippen molar-refractivity contribution in [3.8, 4) is 0 Å². The van der Waals surface area contributed by atoms with E-state index in [4.69, 9.17) is 0 Å². The van der Waals surface area contributed by atoms with Crippen LogP contribution in [0.2, 0.25) is 0 Å². The van der Waals surface area contributed by atoms with Crippen LogP contribution in [0.1, 0.15) is 59.8 Å². The van der Waals surface area contributed by atoms with Crippen LogP contribution in [0.4, 0.5) is 0 Å². The van der Waals surface area contributed by atoms with Gasteiger partial charge in [-0.25, -0.2) is 0 Å². The number of nitrogens with one attached hydrogen (secondary N) is 1. The van der Waals surface area contributed by atoms with Crippen LogP contribution >= 0.6 is 0 Å². The van der Waals surface area contributed by atoms with E-state index in [1.54, 1.807) is 8.61 Å². The van der Waals surface area contributed by atoms with Gasteiger partial charge in [-0.1, -0.05) is 20.3 Å². The predicted octanol–water partition coefficient (Wildman–Crippen LogP) is 2.21. The van der Waals surface area contributed by atoms with E-state index >= 15 is 0 Å². The molecule has 0 aliphatic carbocycles. The highest BCUT2D eigenvalue weighted by Crippen LogP contribution is 2.17. The summed E-state index contributed by atoms with van der Waals surface area (Å²) < 4.78 is 29.2. The molecule has 0 aromatic heterocycles. The molecule has 1 atom stereocenters. The van der Waals surface area contributed by atoms with Gasteiger partial charge in [0.15, 0.2) is 0 Å². The highest BCUT2D eigenvalue weighted by molar-refractivity contribution is 7.86. The van der Waals surface area contributed by atoms with Crippen molar-refractivity contribution >= 4 is 10.2 Å². The molecule has 1 fully saturated rings. The summed E-state index contributed by atoms with van der Waals surface area (Å²) in [5.74, 6) is 0. The van der Waals surface area contributed by atoms with E-state index in [9.17, 15) is 8.42 Å². The Morgan fingerprint density at radius 2 is 1.76 bits per heavy atom. The molecule has 126 valence electrons. The maximum atomic E-state index is 13.0. The van der Waals surface area contributed by atoms with E-state index in [2.05, 4.69) is 5.32 Å². The summed E-state index contributed by atoms with van der Waals surface area (Å²) in [4.78, 5) is 0. The van der Waals surface area contributed by atoms with E-state index in [1.807, 2.05) is 27.7 Å². The van der Waals surface area contributed by atoms with Crippen molar-refractivity contribution in [3.05, 3.63) is 0 Å². The maximum absolute atomic E-state index is 13.0. The van der Waals surface area contributed by atoms with Gasteiger partial charge in [-0.15, -0.1) is 0 Å². The van der Waals surface area contributed by atoms with Gasteiger partial charge in [0, 0.05) is 31.7 Å². The minimum Gasteiger partial charge on any atom is -0.313 e. The molecular weight excluding hydrogens is 286 g/mol. The van der Waals surface area contributed by atoms with Gasteiger partial charge in [0.25, 0.3) is 10.2 Å². The molecule has 6 heteroatoms. The summed E-state index contributed by atoms with van der Waals surface area (Å²) in [5.41, 5.74) is 0. The SMILES string of the molecule is CCCN(CCC)S(=O)(=O)N(CC1CCCCN1)C(C)C. The Hall–Kier alpha value is -0.170. The molecule has 0 aromatic rings. The monoisotopic (exact) mass is 319 g/mol. The third kappa shape index (κ3) is 5.51. The first-order valence-corrected chi connectivity index (χ1v) is 9.83. The molecule has 1 unspecified atom stereocenters. The van der Waals surface area contributed by atoms with Crippen molar-refractivity contribution in [2.75, 3.05) is 26.2 Å². The Morgan fingerprint density at radius 3 is 2.19 bits per heavy atom. The summed E-state index contributed by atoms with van der Waals surface area (Å²) in [5, 5.41) is 3.45. The van der Waals surface area contributed by atoms with Crippen LogP contribution in [0.3, 0.4) is 0 Å². The van der Waals surface area contributed by atoms with E-state index in [1.165, 1.54) is 12.8 Å². The average molecular weight is 320 g/mol. The normalized spacial score (nSPS) is 20.6. The molecule has 1 N–H and O–H groups in total. The summed E-state index contributed by atoms with van der Waals surface area (Å²) in [6, 6.07) is 0.288. The highest BCUT2D eigenvalue weighted by atomic mass is 32.2. The molecular formula is C15H33N3O2S. The lowest BCUT2D eigenvalue weighted by molar-refractivity contribution is 0.259. The molecule has 1 aliphatic rings. The molecule has 0 radical (unpaired) electrons. The first kappa shape index (κ1) is 18.9. The van der Waals surface area contributed by atoms with Gasteiger partial charge in [-0.05, 0) is 46.1 Å². The van der Waals surface area contributed by atoms with Gasteiger partial charge in [0.05, 0.1) is 0 Å². The van der Waals surface area contributed by atoms with Crippen molar-refractivity contribution < 1.29 is 8.42 Å². The number of hydrogen-bond donors (Lipinski definition) is 1. The summed E-state index contributed by atoms with van der Waals surface area (Å²) in [6.07, 6.45) is 5.17. The average Bonchev–Trinajstić information content (AvgIpc) is 2.45. The largest absolute Gasteiger partial charge is 0.313 e. The van der Waals surface area contributed by atoms with Crippen LogP contribution in [0, 0.1) is 0 Å². The molecule has 1 saturated heterocycles. The van der Waals surface area contributed by atoms with E-state index < -0.39 is 10.2 Å². The van der Waals surface area contributed by atoms with Crippen molar-refractivity contribution in [1.29, 1.82) is 0 Å². The Labute approximate surface area is 131 Å². The molecule has 0 saturated carbocycles. The smallest absolute Gasteiger partial charge is 0.282 e. The highest BCUT2D eigenvalue weighted by Gasteiger charge is 2.32. The third-order valence-electron chi connectivity index (χ3n) is 3.96. The van der Waals surface area contributed by atoms with Crippen LogP contribution in [-0.4, -0.2) is 55.3 Å². The Kier molecular flexibility index (Phi) is 8.16. The zero-order chi connectivity index (χ0) is 15.9. The van der Waals surface area contributed by atoms with Gasteiger partial charge in [-0.3, -0.25) is 0 Å². The number of hydrogen-bond acceptors (Lipinski definition) is 3. The Bertz CT molecular complexity index is 372. The van der Waals surface area contributed by atoms with E-state index in [-0.39, 0.29) is 6.04 Å². The first-order chi connectivity index (χ1) is 9.93. The lowest BCUT2D eigenvalue weighted by Crippen LogP contribution is -2.53. The molecule has 0 spiro atoms. The number of rotatable bonds is 9. The minimum atomic E-state index is -3.36. The summed E-state index contributed by atoms with van der Waals surface area (Å²) in [7, 11) is -3.36. The second-order valence-corrected chi connectivity index (χ2v) is 8.10. The van der Waals surface area contributed by atoms with E-state index in [0.29, 0.717) is 25.7 Å². The second-order valence-electron chi connectivity index (χ2n) is 6.22. The van der Waals surface area contributed by atoms with Gasteiger partial charge in [0.2, 0.25) is 0 Å². The molecule has 1 aliphatic heterocycles. The molecule has 0 aromatic carbocycles. The maximum Gasteiger partial charge on any atom is 0.282 e. The van der Waals surface area contributed by atoms with Crippen LogP contribution in [0.25, 0.3) is 0 Å². The zero-order valence-electron chi connectivity index (χ0n) is 14.1. The predicted molar refractivity (Wildman–Crippen MR) is 88.6 cm³/mol. The Balaban J connectivity index is 2.84. The van der Waals surface area contributed by atoms with Crippen molar-refractivity contribution in [2.45, 2.75) is 71.9 Å². The lowest BCUT2D eigenvalue weighted by Gasteiger charge is -2.35. The van der Waals surface area contributed by atoms with Gasteiger partial charge in [0.1, 0.15) is 0 Å². The fraction of sp³-hybridized carbons (Fsp3) is 1.00. The van der Waals surface area contributed by atoms with Crippen molar-refractivity contribution in [3.63, 3.8) is 0 Å². The molecule has 21 heavy (non-hydrogen) atoms. The fourth-order valence-corrected chi connectivity index (χ4v) is 4.88. The van der Waals surface area contributed by atoms with Crippen LogP contribution < -0.4 is 5.32 Å².